The third-order valence-corrected chi connectivity index (χ3v) is 3.09. The standard InChI is InChI=1S/C18H23NO2/c1-18(2,3)19-12-14-6-10-17(11-7-14)21-13-15-4-8-16(20)9-5-15/h4-11,19-20H,12-13H2,1-3H3. The fourth-order valence-electron chi connectivity index (χ4n) is 1.83. The highest BCUT2D eigenvalue weighted by Crippen LogP contribution is 2.16. The molecule has 0 saturated heterocycles. The van der Waals surface area contributed by atoms with Gasteiger partial charge in [-0.25, -0.2) is 0 Å². The first-order chi connectivity index (χ1) is 9.92. The zero-order valence-corrected chi connectivity index (χ0v) is 12.9. The molecule has 0 bridgehead atoms. The molecule has 2 aromatic carbocycles. The molecule has 0 aliphatic heterocycles. The average Bonchev–Trinajstić information content (AvgIpc) is 2.45. The lowest BCUT2D eigenvalue weighted by molar-refractivity contribution is 0.306. The van der Waals surface area contributed by atoms with Crippen molar-refractivity contribution in [1.82, 2.24) is 5.32 Å². The van der Waals surface area contributed by atoms with Crippen LogP contribution in [0.3, 0.4) is 0 Å². The quantitative estimate of drug-likeness (QED) is 0.876. The molecule has 112 valence electrons. The zero-order valence-electron chi connectivity index (χ0n) is 12.9. The van der Waals surface area contributed by atoms with Crippen LogP contribution in [0.2, 0.25) is 0 Å². The van der Waals surface area contributed by atoms with Crippen LogP contribution in [-0.2, 0) is 13.2 Å². The smallest absolute Gasteiger partial charge is 0.119 e. The van der Waals surface area contributed by atoms with Gasteiger partial charge in [-0.05, 0) is 56.2 Å². The molecule has 3 heteroatoms. The summed E-state index contributed by atoms with van der Waals surface area (Å²) in [7, 11) is 0. The SMILES string of the molecule is CC(C)(C)NCc1ccc(OCc2ccc(O)cc2)cc1. The second-order valence-corrected chi connectivity index (χ2v) is 6.20. The van der Waals surface area contributed by atoms with Crippen molar-refractivity contribution >= 4 is 0 Å². The van der Waals surface area contributed by atoms with Crippen molar-refractivity contribution in [2.45, 2.75) is 39.5 Å². The minimum Gasteiger partial charge on any atom is -0.508 e. The first-order valence-electron chi connectivity index (χ1n) is 7.17. The van der Waals surface area contributed by atoms with Gasteiger partial charge in [0.15, 0.2) is 0 Å². The van der Waals surface area contributed by atoms with Crippen molar-refractivity contribution in [2.24, 2.45) is 0 Å². The first-order valence-corrected chi connectivity index (χ1v) is 7.17. The molecular weight excluding hydrogens is 262 g/mol. The van der Waals surface area contributed by atoms with Gasteiger partial charge in [0, 0.05) is 12.1 Å². The van der Waals surface area contributed by atoms with Crippen molar-refractivity contribution in [2.75, 3.05) is 0 Å². The molecule has 0 aromatic heterocycles. The van der Waals surface area contributed by atoms with Crippen LogP contribution in [0.5, 0.6) is 11.5 Å². The number of hydrogen-bond donors (Lipinski definition) is 2. The van der Waals surface area contributed by atoms with Crippen LogP contribution in [0, 0.1) is 0 Å². The fourth-order valence-corrected chi connectivity index (χ4v) is 1.83. The Morgan fingerprint density at radius 1 is 0.905 bits per heavy atom. The number of phenols is 1. The van der Waals surface area contributed by atoms with Crippen LogP contribution in [0.25, 0.3) is 0 Å². The lowest BCUT2D eigenvalue weighted by Gasteiger charge is -2.20. The van der Waals surface area contributed by atoms with Gasteiger partial charge in [0.25, 0.3) is 0 Å². The maximum Gasteiger partial charge on any atom is 0.119 e. The van der Waals surface area contributed by atoms with E-state index in [2.05, 4.69) is 38.2 Å². The van der Waals surface area contributed by atoms with Crippen molar-refractivity contribution < 1.29 is 9.84 Å². The van der Waals surface area contributed by atoms with Gasteiger partial charge >= 0.3 is 0 Å². The molecule has 0 unspecified atom stereocenters. The number of phenolic OH excluding ortho intramolecular Hbond substituents is 1. The Balaban J connectivity index is 1.86. The number of hydrogen-bond acceptors (Lipinski definition) is 3. The second kappa shape index (κ2) is 6.64. The Hall–Kier alpha value is -2.00. The van der Waals surface area contributed by atoms with Crippen LogP contribution < -0.4 is 10.1 Å². The highest BCUT2D eigenvalue weighted by atomic mass is 16.5. The van der Waals surface area contributed by atoms with E-state index in [1.807, 2.05) is 24.3 Å². The maximum absolute atomic E-state index is 9.23. The van der Waals surface area contributed by atoms with Crippen molar-refractivity contribution in [3.63, 3.8) is 0 Å². The number of benzene rings is 2. The summed E-state index contributed by atoms with van der Waals surface area (Å²) >= 11 is 0. The van der Waals surface area contributed by atoms with Crippen LogP contribution in [0.15, 0.2) is 48.5 Å². The van der Waals surface area contributed by atoms with Gasteiger partial charge in [-0.3, -0.25) is 0 Å². The fraction of sp³-hybridized carbons (Fsp3) is 0.333. The number of rotatable bonds is 5. The van der Waals surface area contributed by atoms with E-state index in [0.29, 0.717) is 6.61 Å². The summed E-state index contributed by atoms with van der Waals surface area (Å²) in [6.45, 7) is 7.81. The monoisotopic (exact) mass is 285 g/mol. The lowest BCUT2D eigenvalue weighted by atomic mass is 10.1. The Labute approximate surface area is 126 Å². The molecule has 0 fully saturated rings. The summed E-state index contributed by atoms with van der Waals surface area (Å²) < 4.78 is 5.73. The molecule has 21 heavy (non-hydrogen) atoms. The average molecular weight is 285 g/mol. The van der Waals surface area contributed by atoms with E-state index in [0.717, 1.165) is 17.9 Å². The Morgan fingerprint density at radius 2 is 1.48 bits per heavy atom. The van der Waals surface area contributed by atoms with Crippen molar-refractivity contribution in [1.29, 1.82) is 0 Å². The van der Waals surface area contributed by atoms with Gasteiger partial charge in [0.05, 0.1) is 0 Å². The van der Waals surface area contributed by atoms with E-state index in [4.69, 9.17) is 4.74 Å². The Bertz CT molecular complexity index is 553. The summed E-state index contributed by atoms with van der Waals surface area (Å²) in [5, 5.41) is 12.7. The van der Waals surface area contributed by atoms with Crippen LogP contribution in [-0.4, -0.2) is 10.6 Å². The minimum absolute atomic E-state index is 0.119. The molecule has 2 aromatic rings. The molecule has 0 atom stereocenters. The lowest BCUT2D eigenvalue weighted by Crippen LogP contribution is -2.34. The van der Waals surface area contributed by atoms with Crippen LogP contribution in [0.1, 0.15) is 31.9 Å². The van der Waals surface area contributed by atoms with Crippen LogP contribution >= 0.6 is 0 Å². The molecule has 0 radical (unpaired) electrons. The van der Waals surface area contributed by atoms with E-state index in [1.165, 1.54) is 5.56 Å². The summed E-state index contributed by atoms with van der Waals surface area (Å²) in [6, 6.07) is 15.2. The number of nitrogens with one attached hydrogen (secondary N) is 1. The summed E-state index contributed by atoms with van der Waals surface area (Å²) in [5.41, 5.74) is 2.39. The van der Waals surface area contributed by atoms with Gasteiger partial charge in [0.1, 0.15) is 18.1 Å². The molecule has 0 amide bonds. The predicted molar refractivity (Wildman–Crippen MR) is 85.5 cm³/mol. The van der Waals surface area contributed by atoms with Crippen LogP contribution in [0.4, 0.5) is 0 Å². The summed E-state index contributed by atoms with van der Waals surface area (Å²) in [5.74, 6) is 1.12. The van der Waals surface area contributed by atoms with Crippen molar-refractivity contribution in [3.05, 3.63) is 59.7 Å². The second-order valence-electron chi connectivity index (χ2n) is 6.20. The van der Waals surface area contributed by atoms with E-state index >= 15 is 0 Å². The Kier molecular flexibility index (Phi) is 4.86. The first kappa shape index (κ1) is 15.4. The Morgan fingerprint density at radius 3 is 2.05 bits per heavy atom. The minimum atomic E-state index is 0.119. The number of ether oxygens (including phenoxy) is 1. The highest BCUT2D eigenvalue weighted by molar-refractivity contribution is 5.29. The zero-order chi connectivity index (χ0) is 15.3. The molecule has 2 N–H and O–H groups in total. The topological polar surface area (TPSA) is 41.5 Å². The van der Waals surface area contributed by atoms with Gasteiger partial charge in [-0.1, -0.05) is 24.3 Å². The molecule has 0 aliphatic rings. The molecule has 0 heterocycles. The third-order valence-electron chi connectivity index (χ3n) is 3.09. The van der Waals surface area contributed by atoms with Gasteiger partial charge in [0.2, 0.25) is 0 Å². The van der Waals surface area contributed by atoms with Gasteiger partial charge < -0.3 is 15.2 Å². The molecule has 0 aliphatic carbocycles. The van der Waals surface area contributed by atoms with Gasteiger partial charge in [-0.2, -0.15) is 0 Å². The van der Waals surface area contributed by atoms with Gasteiger partial charge in [-0.15, -0.1) is 0 Å². The van der Waals surface area contributed by atoms with E-state index in [-0.39, 0.29) is 11.3 Å². The molecule has 0 saturated carbocycles. The molecular formula is C18H23NO2. The van der Waals surface area contributed by atoms with E-state index in [9.17, 15) is 5.11 Å². The molecule has 3 nitrogen and oxygen atoms in total. The molecule has 0 spiro atoms. The largest absolute Gasteiger partial charge is 0.508 e. The maximum atomic E-state index is 9.23. The molecule has 2 rings (SSSR count). The van der Waals surface area contributed by atoms with Crippen molar-refractivity contribution in [3.8, 4) is 11.5 Å². The van der Waals surface area contributed by atoms with E-state index < -0.39 is 0 Å². The number of aromatic hydroxyl groups is 1. The summed E-state index contributed by atoms with van der Waals surface area (Å²) in [6.07, 6.45) is 0. The third kappa shape index (κ3) is 5.48. The predicted octanol–water partition coefficient (Wildman–Crippen LogP) is 3.86. The van der Waals surface area contributed by atoms with E-state index in [1.54, 1.807) is 12.1 Å². The highest BCUT2D eigenvalue weighted by Gasteiger charge is 2.08. The summed E-state index contributed by atoms with van der Waals surface area (Å²) in [4.78, 5) is 0. The normalized spacial score (nSPS) is 11.4.